The number of rotatable bonds is 3. The van der Waals surface area contributed by atoms with Crippen LogP contribution in [-0.2, 0) is 0 Å². The molecule has 0 saturated carbocycles. The third kappa shape index (κ3) is 2.52. The Morgan fingerprint density at radius 3 is 2.73 bits per heavy atom. The molecule has 0 spiro atoms. The van der Waals surface area contributed by atoms with Crippen LogP contribution in [0.2, 0.25) is 0 Å². The number of aliphatic imine (C=N–C) groups is 1. The number of likely N-dealkylation sites (N-methyl/N-ethyl adjacent to an activating group) is 1. The molecule has 0 fully saturated rings. The van der Waals surface area contributed by atoms with Gasteiger partial charge in [-0.15, -0.1) is 0 Å². The molecule has 11 heavy (non-hydrogen) atoms. The molecule has 2 nitrogen and oxygen atoms in total. The maximum absolute atomic E-state index is 4.43. The Kier molecular flexibility index (Phi) is 2.92. The van der Waals surface area contributed by atoms with E-state index in [4.69, 9.17) is 0 Å². The van der Waals surface area contributed by atoms with Gasteiger partial charge in [-0.3, -0.25) is 4.99 Å². The second-order valence-electron chi connectivity index (χ2n) is 3.65. The van der Waals surface area contributed by atoms with Crippen molar-refractivity contribution in [1.82, 2.24) is 4.90 Å². The van der Waals surface area contributed by atoms with Crippen LogP contribution in [0.3, 0.4) is 0 Å². The van der Waals surface area contributed by atoms with Crippen molar-refractivity contribution in [2.45, 2.75) is 26.7 Å². The summed E-state index contributed by atoms with van der Waals surface area (Å²) >= 11 is 0. The largest absolute Gasteiger partial charge is 0.362 e. The maximum atomic E-state index is 4.43. The molecular formula is C9H18N2. The quantitative estimate of drug-likeness (QED) is 0.605. The van der Waals surface area contributed by atoms with E-state index in [0.717, 1.165) is 25.4 Å². The monoisotopic (exact) mass is 154 g/mol. The van der Waals surface area contributed by atoms with Crippen LogP contribution in [-0.4, -0.2) is 30.9 Å². The molecule has 1 heterocycles. The van der Waals surface area contributed by atoms with Gasteiger partial charge in [0.25, 0.3) is 0 Å². The van der Waals surface area contributed by atoms with Gasteiger partial charge in [0.15, 0.2) is 0 Å². The number of hydrogen-bond acceptors (Lipinski definition) is 2. The summed E-state index contributed by atoms with van der Waals surface area (Å²) in [6.45, 7) is 6.64. The molecule has 0 N–H and O–H groups in total. The Bertz CT molecular complexity index is 150. The van der Waals surface area contributed by atoms with Gasteiger partial charge in [-0.05, 0) is 12.3 Å². The van der Waals surface area contributed by atoms with Gasteiger partial charge >= 0.3 is 0 Å². The molecule has 0 amide bonds. The van der Waals surface area contributed by atoms with E-state index in [2.05, 4.69) is 30.8 Å². The van der Waals surface area contributed by atoms with Crippen LogP contribution in [0.25, 0.3) is 0 Å². The highest BCUT2D eigenvalue weighted by Crippen LogP contribution is 2.09. The predicted octanol–water partition coefficient (Wildman–Crippen LogP) is 1.77. The fourth-order valence-electron chi connectivity index (χ4n) is 1.27. The Hall–Kier alpha value is -0.530. The maximum Gasteiger partial charge on any atom is 0.0987 e. The predicted molar refractivity (Wildman–Crippen MR) is 49.0 cm³/mol. The lowest BCUT2D eigenvalue weighted by Gasteiger charge is -2.14. The van der Waals surface area contributed by atoms with E-state index in [-0.39, 0.29) is 0 Å². The van der Waals surface area contributed by atoms with Gasteiger partial charge in [-0.1, -0.05) is 13.8 Å². The van der Waals surface area contributed by atoms with E-state index < -0.39 is 0 Å². The smallest absolute Gasteiger partial charge is 0.0987 e. The summed E-state index contributed by atoms with van der Waals surface area (Å²) in [6, 6.07) is 0. The molecule has 0 aromatic carbocycles. The number of amidine groups is 1. The van der Waals surface area contributed by atoms with Crippen LogP contribution < -0.4 is 0 Å². The van der Waals surface area contributed by atoms with Gasteiger partial charge in [0, 0.05) is 20.0 Å². The lowest BCUT2D eigenvalue weighted by atomic mass is 10.1. The molecule has 0 unspecified atom stereocenters. The minimum atomic E-state index is 0.798. The molecule has 0 bridgehead atoms. The highest BCUT2D eigenvalue weighted by atomic mass is 15.2. The Balaban J connectivity index is 2.26. The minimum Gasteiger partial charge on any atom is -0.362 e. The third-order valence-electron chi connectivity index (χ3n) is 2.12. The summed E-state index contributed by atoms with van der Waals surface area (Å²) in [4.78, 5) is 6.70. The standard InChI is InChI=1S/C9H18N2/c1-8(2)4-5-9-10-6-7-11(9)3/h8H,4-7H2,1-3H3. The zero-order chi connectivity index (χ0) is 8.27. The molecule has 0 aromatic heterocycles. The molecule has 1 aliphatic rings. The molecule has 0 atom stereocenters. The molecule has 0 radical (unpaired) electrons. The Labute approximate surface area is 69.3 Å². The first-order valence-electron chi connectivity index (χ1n) is 4.44. The van der Waals surface area contributed by atoms with Crippen molar-refractivity contribution < 1.29 is 0 Å². The van der Waals surface area contributed by atoms with E-state index in [9.17, 15) is 0 Å². The Morgan fingerprint density at radius 1 is 1.55 bits per heavy atom. The summed E-state index contributed by atoms with van der Waals surface area (Å²) in [5, 5.41) is 0. The first kappa shape index (κ1) is 8.57. The lowest BCUT2D eigenvalue weighted by molar-refractivity contribution is 0.524. The van der Waals surface area contributed by atoms with Crippen LogP contribution in [0.5, 0.6) is 0 Å². The molecule has 2 heteroatoms. The third-order valence-corrected chi connectivity index (χ3v) is 2.12. The summed E-state index contributed by atoms with van der Waals surface area (Å²) in [6.07, 6.45) is 2.43. The van der Waals surface area contributed by atoms with Crippen molar-refractivity contribution in [2.75, 3.05) is 20.1 Å². The van der Waals surface area contributed by atoms with Crippen molar-refractivity contribution in [3.8, 4) is 0 Å². The molecule has 0 saturated heterocycles. The van der Waals surface area contributed by atoms with Crippen molar-refractivity contribution in [3.05, 3.63) is 0 Å². The molecule has 0 aromatic rings. The van der Waals surface area contributed by atoms with Crippen LogP contribution in [0, 0.1) is 5.92 Å². The zero-order valence-electron chi connectivity index (χ0n) is 7.80. The minimum absolute atomic E-state index is 0.798. The topological polar surface area (TPSA) is 15.6 Å². The van der Waals surface area contributed by atoms with E-state index >= 15 is 0 Å². The van der Waals surface area contributed by atoms with E-state index in [0.29, 0.717) is 0 Å². The van der Waals surface area contributed by atoms with Crippen molar-refractivity contribution in [3.63, 3.8) is 0 Å². The lowest BCUT2D eigenvalue weighted by Crippen LogP contribution is -2.22. The highest BCUT2D eigenvalue weighted by molar-refractivity contribution is 5.83. The molecule has 0 aliphatic carbocycles. The first-order valence-corrected chi connectivity index (χ1v) is 4.44. The summed E-state index contributed by atoms with van der Waals surface area (Å²) < 4.78 is 0. The van der Waals surface area contributed by atoms with Gasteiger partial charge in [-0.2, -0.15) is 0 Å². The van der Waals surface area contributed by atoms with E-state index in [1.54, 1.807) is 0 Å². The average Bonchev–Trinajstić information content (AvgIpc) is 2.31. The average molecular weight is 154 g/mol. The second kappa shape index (κ2) is 3.74. The van der Waals surface area contributed by atoms with Gasteiger partial charge in [-0.25, -0.2) is 0 Å². The Morgan fingerprint density at radius 2 is 2.27 bits per heavy atom. The van der Waals surface area contributed by atoms with Gasteiger partial charge in [0.1, 0.15) is 0 Å². The summed E-state index contributed by atoms with van der Waals surface area (Å²) in [5.41, 5.74) is 0. The molecule has 1 rings (SSSR count). The second-order valence-corrected chi connectivity index (χ2v) is 3.65. The molecule has 64 valence electrons. The van der Waals surface area contributed by atoms with Crippen LogP contribution in [0.4, 0.5) is 0 Å². The van der Waals surface area contributed by atoms with Crippen LogP contribution in [0.15, 0.2) is 4.99 Å². The SMILES string of the molecule is CC(C)CCC1=NCCN1C. The van der Waals surface area contributed by atoms with Gasteiger partial charge in [0.05, 0.1) is 12.4 Å². The van der Waals surface area contributed by atoms with Crippen LogP contribution in [0.1, 0.15) is 26.7 Å². The first-order chi connectivity index (χ1) is 5.20. The van der Waals surface area contributed by atoms with E-state index in [1.807, 2.05) is 0 Å². The van der Waals surface area contributed by atoms with E-state index in [1.165, 1.54) is 12.3 Å². The van der Waals surface area contributed by atoms with Crippen molar-refractivity contribution in [1.29, 1.82) is 0 Å². The van der Waals surface area contributed by atoms with Crippen LogP contribution >= 0.6 is 0 Å². The number of hydrogen-bond donors (Lipinski definition) is 0. The fraction of sp³-hybridized carbons (Fsp3) is 0.889. The summed E-state index contributed by atoms with van der Waals surface area (Å²) in [7, 11) is 2.13. The molecule has 1 aliphatic heterocycles. The fourth-order valence-corrected chi connectivity index (χ4v) is 1.27. The normalized spacial score (nSPS) is 17.8. The molecular weight excluding hydrogens is 136 g/mol. The zero-order valence-corrected chi connectivity index (χ0v) is 7.80. The number of nitrogens with zero attached hydrogens (tertiary/aromatic N) is 2. The van der Waals surface area contributed by atoms with Gasteiger partial charge in [0.2, 0.25) is 0 Å². The summed E-state index contributed by atoms with van der Waals surface area (Å²) in [5.74, 6) is 2.10. The van der Waals surface area contributed by atoms with Crippen molar-refractivity contribution >= 4 is 5.84 Å². The van der Waals surface area contributed by atoms with Gasteiger partial charge < -0.3 is 4.90 Å². The van der Waals surface area contributed by atoms with Crippen molar-refractivity contribution in [2.24, 2.45) is 10.9 Å². The highest BCUT2D eigenvalue weighted by Gasteiger charge is 2.11.